The number of anilines is 1. The zero-order valence-electron chi connectivity index (χ0n) is 16.1. The molecule has 2 aromatic carbocycles. The van der Waals surface area contributed by atoms with E-state index in [4.69, 9.17) is 5.73 Å². The van der Waals surface area contributed by atoms with Crippen LogP contribution in [0, 0.1) is 0 Å². The fourth-order valence-electron chi connectivity index (χ4n) is 2.60. The number of nitrogens with one attached hydrogen (secondary N) is 2. The summed E-state index contributed by atoms with van der Waals surface area (Å²) in [5, 5.41) is 1.90. The number of sulfonamides is 1. The van der Waals surface area contributed by atoms with Crippen LogP contribution in [0.4, 0.5) is 15.3 Å². The van der Waals surface area contributed by atoms with Gasteiger partial charge in [-0.25, -0.2) is 17.9 Å². The second-order valence-corrected chi connectivity index (χ2v) is 9.95. The number of urea groups is 1. The van der Waals surface area contributed by atoms with Crippen molar-refractivity contribution in [1.82, 2.24) is 9.62 Å². The molecule has 0 aromatic heterocycles. The van der Waals surface area contributed by atoms with Gasteiger partial charge in [-0.15, -0.1) is 0 Å². The number of primary amides is 1. The summed E-state index contributed by atoms with van der Waals surface area (Å²) in [5.41, 5.74) is 5.77. The molecule has 0 aliphatic carbocycles. The highest BCUT2D eigenvalue weighted by Crippen LogP contribution is 2.32. The summed E-state index contributed by atoms with van der Waals surface area (Å²) >= 11 is 4.05. The molecule has 2 aromatic rings. The van der Waals surface area contributed by atoms with Gasteiger partial charge in [0.1, 0.15) is 6.54 Å². The van der Waals surface area contributed by atoms with Gasteiger partial charge in [0.15, 0.2) is 0 Å². The standard InChI is InChI=1S/C19H15BrN4O6S2/c20-12-3-1-11(2-4-12)9-15-17(26)24(19(28)31-15)10-16(25)22-13-5-7-14(8-6-13)32(29,30)23-18(21)27/h1-9H,10H2,(H,22,25)(H3,21,23,27)/b15-9-. The zero-order valence-corrected chi connectivity index (χ0v) is 19.3. The Bertz CT molecular complexity index is 1230. The van der Waals surface area contributed by atoms with E-state index in [1.54, 1.807) is 35.1 Å². The minimum Gasteiger partial charge on any atom is -0.351 e. The van der Waals surface area contributed by atoms with Crippen LogP contribution in [0.25, 0.3) is 6.08 Å². The molecule has 5 amide bonds. The number of imide groups is 1. The normalized spacial score (nSPS) is 15.2. The van der Waals surface area contributed by atoms with Crippen LogP contribution in [0.5, 0.6) is 0 Å². The molecule has 1 fully saturated rings. The fraction of sp³-hybridized carbons (Fsp3) is 0.0526. The van der Waals surface area contributed by atoms with E-state index in [0.717, 1.165) is 38.8 Å². The van der Waals surface area contributed by atoms with Gasteiger partial charge in [0.2, 0.25) is 5.91 Å². The Balaban J connectivity index is 1.64. The Morgan fingerprint density at radius 2 is 1.69 bits per heavy atom. The Hall–Kier alpha value is -3.16. The average Bonchev–Trinajstić information content (AvgIpc) is 2.96. The summed E-state index contributed by atoms with van der Waals surface area (Å²) < 4.78 is 26.2. The lowest BCUT2D eigenvalue weighted by molar-refractivity contribution is -0.127. The third-order valence-electron chi connectivity index (χ3n) is 4.03. The summed E-state index contributed by atoms with van der Waals surface area (Å²) in [6.45, 7) is -0.508. The quantitative estimate of drug-likeness (QED) is 0.476. The van der Waals surface area contributed by atoms with Crippen LogP contribution >= 0.6 is 27.7 Å². The number of benzene rings is 2. The predicted octanol–water partition coefficient (Wildman–Crippen LogP) is 2.48. The lowest BCUT2D eigenvalue weighted by Gasteiger charge is -2.12. The molecule has 0 unspecified atom stereocenters. The second-order valence-electron chi connectivity index (χ2n) is 6.36. The smallest absolute Gasteiger partial charge is 0.326 e. The van der Waals surface area contributed by atoms with E-state index in [1.165, 1.54) is 12.1 Å². The number of halogens is 1. The van der Waals surface area contributed by atoms with Gasteiger partial charge in [-0.3, -0.25) is 19.3 Å². The SMILES string of the molecule is NC(=O)NS(=O)(=O)c1ccc(NC(=O)CN2C(=O)S/C(=C\c3ccc(Br)cc3)C2=O)cc1. The molecule has 0 saturated carbocycles. The first-order valence-electron chi connectivity index (χ1n) is 8.78. The van der Waals surface area contributed by atoms with E-state index < -0.39 is 39.7 Å². The summed E-state index contributed by atoms with van der Waals surface area (Å²) in [4.78, 5) is 48.6. The van der Waals surface area contributed by atoms with Crippen LogP contribution in [0.2, 0.25) is 0 Å². The number of thioether (sulfide) groups is 1. The van der Waals surface area contributed by atoms with Crippen molar-refractivity contribution in [2.45, 2.75) is 4.90 Å². The molecule has 1 saturated heterocycles. The number of carbonyl (C=O) groups excluding carboxylic acids is 4. The molecule has 32 heavy (non-hydrogen) atoms. The first-order valence-corrected chi connectivity index (χ1v) is 11.9. The second kappa shape index (κ2) is 9.54. The summed E-state index contributed by atoms with van der Waals surface area (Å²) in [7, 11) is -4.12. The van der Waals surface area contributed by atoms with Crippen molar-refractivity contribution in [1.29, 1.82) is 0 Å². The van der Waals surface area contributed by atoms with Crippen molar-refractivity contribution in [3.05, 3.63) is 63.5 Å². The number of hydrogen-bond acceptors (Lipinski definition) is 7. The number of rotatable bonds is 6. The van der Waals surface area contributed by atoms with Crippen LogP contribution in [0.1, 0.15) is 5.56 Å². The van der Waals surface area contributed by atoms with E-state index in [9.17, 15) is 27.6 Å². The highest BCUT2D eigenvalue weighted by Gasteiger charge is 2.36. The molecule has 10 nitrogen and oxygen atoms in total. The third-order valence-corrected chi connectivity index (χ3v) is 6.83. The Kier molecular flexibility index (Phi) is 7.01. The average molecular weight is 539 g/mol. The maximum absolute atomic E-state index is 12.5. The van der Waals surface area contributed by atoms with Gasteiger partial charge in [-0.2, -0.15) is 0 Å². The zero-order chi connectivity index (χ0) is 23.5. The fourth-order valence-corrected chi connectivity index (χ4v) is 4.58. The molecule has 0 bridgehead atoms. The van der Waals surface area contributed by atoms with Crippen molar-refractivity contribution in [3.63, 3.8) is 0 Å². The monoisotopic (exact) mass is 538 g/mol. The maximum Gasteiger partial charge on any atom is 0.326 e. The highest BCUT2D eigenvalue weighted by atomic mass is 79.9. The van der Waals surface area contributed by atoms with Gasteiger partial charge < -0.3 is 11.1 Å². The van der Waals surface area contributed by atoms with Crippen LogP contribution in [-0.2, 0) is 19.6 Å². The summed E-state index contributed by atoms with van der Waals surface area (Å²) in [6.07, 6.45) is 1.56. The van der Waals surface area contributed by atoms with Crippen molar-refractivity contribution in [3.8, 4) is 0 Å². The van der Waals surface area contributed by atoms with Crippen LogP contribution < -0.4 is 15.8 Å². The Morgan fingerprint density at radius 1 is 1.06 bits per heavy atom. The first-order chi connectivity index (χ1) is 15.0. The minimum atomic E-state index is -4.12. The van der Waals surface area contributed by atoms with Crippen molar-refractivity contribution >= 4 is 72.6 Å². The van der Waals surface area contributed by atoms with E-state index in [0.29, 0.717) is 0 Å². The molecule has 1 aliphatic rings. The Morgan fingerprint density at radius 3 is 2.28 bits per heavy atom. The predicted molar refractivity (Wildman–Crippen MR) is 122 cm³/mol. The highest BCUT2D eigenvalue weighted by molar-refractivity contribution is 9.10. The van der Waals surface area contributed by atoms with E-state index in [2.05, 4.69) is 21.2 Å². The summed E-state index contributed by atoms with van der Waals surface area (Å²) in [5.74, 6) is -1.24. The molecule has 1 heterocycles. The van der Waals surface area contributed by atoms with Crippen LogP contribution in [-0.4, -0.2) is 42.9 Å². The lowest BCUT2D eigenvalue weighted by atomic mass is 10.2. The maximum atomic E-state index is 12.5. The Labute approximate surface area is 195 Å². The molecular formula is C19H15BrN4O6S2. The van der Waals surface area contributed by atoms with Gasteiger partial charge >= 0.3 is 6.03 Å². The largest absolute Gasteiger partial charge is 0.351 e. The van der Waals surface area contributed by atoms with Crippen molar-refractivity contribution < 1.29 is 27.6 Å². The molecule has 13 heteroatoms. The number of carbonyl (C=O) groups is 4. The lowest BCUT2D eigenvalue weighted by Crippen LogP contribution is -2.36. The molecule has 1 aliphatic heterocycles. The molecule has 0 radical (unpaired) electrons. The molecular weight excluding hydrogens is 524 g/mol. The van der Waals surface area contributed by atoms with Gasteiger partial charge in [0.25, 0.3) is 21.2 Å². The third kappa shape index (κ3) is 5.75. The van der Waals surface area contributed by atoms with E-state index >= 15 is 0 Å². The molecule has 3 rings (SSSR count). The molecule has 0 atom stereocenters. The minimum absolute atomic E-state index is 0.196. The van der Waals surface area contributed by atoms with E-state index in [1.807, 2.05) is 0 Å². The van der Waals surface area contributed by atoms with Crippen molar-refractivity contribution in [2.75, 3.05) is 11.9 Å². The van der Waals surface area contributed by atoms with Gasteiger partial charge in [-0.1, -0.05) is 28.1 Å². The van der Waals surface area contributed by atoms with Crippen molar-refractivity contribution in [2.24, 2.45) is 5.73 Å². The van der Waals surface area contributed by atoms with Gasteiger partial charge in [0.05, 0.1) is 9.80 Å². The number of nitrogens with two attached hydrogens (primary N) is 1. The van der Waals surface area contributed by atoms with Gasteiger partial charge in [-0.05, 0) is 59.8 Å². The number of hydrogen-bond donors (Lipinski definition) is 3. The molecule has 166 valence electrons. The summed E-state index contributed by atoms with van der Waals surface area (Å²) in [6, 6.07) is 10.8. The van der Waals surface area contributed by atoms with Gasteiger partial charge in [0, 0.05) is 10.2 Å². The number of nitrogens with zero attached hydrogens (tertiary/aromatic N) is 1. The van der Waals surface area contributed by atoms with Crippen LogP contribution in [0.3, 0.4) is 0 Å². The first kappa shape index (κ1) is 23.5. The topological polar surface area (TPSA) is 156 Å². The van der Waals surface area contributed by atoms with Crippen LogP contribution in [0.15, 0.2) is 62.8 Å². The number of amides is 5. The molecule has 0 spiro atoms. The van der Waals surface area contributed by atoms with E-state index in [-0.39, 0.29) is 15.5 Å². The molecule has 4 N–H and O–H groups in total.